The van der Waals surface area contributed by atoms with E-state index in [-0.39, 0.29) is 25.0 Å². The summed E-state index contributed by atoms with van der Waals surface area (Å²) >= 11 is 0. The van der Waals surface area contributed by atoms with Gasteiger partial charge in [0.15, 0.2) is 0 Å². The monoisotopic (exact) mass is 274 g/mol. The summed E-state index contributed by atoms with van der Waals surface area (Å²) in [5, 5.41) is 13.8. The summed E-state index contributed by atoms with van der Waals surface area (Å²) in [5.74, 6) is -0.0616. The zero-order chi connectivity index (χ0) is 15.1. The van der Waals surface area contributed by atoms with Gasteiger partial charge in [0.1, 0.15) is 11.6 Å². The maximum absolute atomic E-state index is 11.8. The maximum atomic E-state index is 11.8. The minimum Gasteiger partial charge on any atom is -0.444 e. The van der Waals surface area contributed by atoms with E-state index in [4.69, 9.17) is 9.84 Å². The Kier molecular flexibility index (Phi) is 7.44. The molecule has 0 aromatic heterocycles. The minimum absolute atomic E-state index is 0.132. The standard InChI is InChI=1S/C13H26N2O4/c1-9(2)8-10(11(17)14-6-7-16)15-12(18)19-13(3,4)5/h9-10,16H,6-8H2,1-5H3,(H,14,17)(H,15,18)/t10-/m1/s1. The van der Waals surface area contributed by atoms with Crippen LogP contribution in [0.3, 0.4) is 0 Å². The molecule has 112 valence electrons. The number of nitrogens with one attached hydrogen (secondary N) is 2. The molecule has 0 aliphatic rings. The molecule has 2 amide bonds. The van der Waals surface area contributed by atoms with Crippen LogP contribution >= 0.6 is 0 Å². The molecule has 0 radical (unpaired) electrons. The van der Waals surface area contributed by atoms with Gasteiger partial charge in [-0.25, -0.2) is 4.79 Å². The molecule has 0 aliphatic heterocycles. The summed E-state index contributed by atoms with van der Waals surface area (Å²) in [6.07, 6.45) is -0.103. The molecule has 6 nitrogen and oxygen atoms in total. The van der Waals surface area contributed by atoms with E-state index in [9.17, 15) is 9.59 Å². The van der Waals surface area contributed by atoms with Crippen molar-refractivity contribution in [1.29, 1.82) is 0 Å². The van der Waals surface area contributed by atoms with Crippen molar-refractivity contribution in [2.45, 2.75) is 52.7 Å². The Hall–Kier alpha value is -1.30. The van der Waals surface area contributed by atoms with E-state index >= 15 is 0 Å². The van der Waals surface area contributed by atoms with Crippen molar-refractivity contribution in [3.05, 3.63) is 0 Å². The minimum atomic E-state index is -0.651. The average molecular weight is 274 g/mol. The lowest BCUT2D eigenvalue weighted by Gasteiger charge is -2.24. The SMILES string of the molecule is CC(C)C[C@@H](NC(=O)OC(C)(C)C)C(=O)NCCO. The Balaban J connectivity index is 4.50. The first-order chi connectivity index (χ1) is 8.65. The number of amides is 2. The summed E-state index contributed by atoms with van der Waals surface area (Å²) in [6, 6.07) is -0.651. The molecule has 0 saturated carbocycles. The number of ether oxygens (including phenoxy) is 1. The molecule has 19 heavy (non-hydrogen) atoms. The molecule has 0 rings (SSSR count). The van der Waals surface area contributed by atoms with Gasteiger partial charge in [-0.05, 0) is 33.1 Å². The number of carbonyl (C=O) groups excluding carboxylic acids is 2. The van der Waals surface area contributed by atoms with Gasteiger partial charge in [0.2, 0.25) is 5.91 Å². The first-order valence-corrected chi connectivity index (χ1v) is 6.53. The van der Waals surface area contributed by atoms with Gasteiger partial charge in [-0.3, -0.25) is 4.79 Å². The Bertz CT molecular complexity index is 298. The predicted octanol–water partition coefficient (Wildman–Crippen LogP) is 1.03. The highest BCUT2D eigenvalue weighted by Gasteiger charge is 2.24. The molecule has 0 fully saturated rings. The molecule has 3 N–H and O–H groups in total. The van der Waals surface area contributed by atoms with Crippen molar-refractivity contribution >= 4 is 12.0 Å². The van der Waals surface area contributed by atoms with Crippen molar-refractivity contribution < 1.29 is 19.4 Å². The van der Waals surface area contributed by atoms with Crippen LogP contribution in [-0.2, 0) is 9.53 Å². The largest absolute Gasteiger partial charge is 0.444 e. The van der Waals surface area contributed by atoms with E-state index < -0.39 is 17.7 Å². The third kappa shape index (κ3) is 9.30. The summed E-state index contributed by atoms with van der Waals surface area (Å²) in [4.78, 5) is 23.5. The molecular formula is C13H26N2O4. The van der Waals surface area contributed by atoms with Gasteiger partial charge in [0, 0.05) is 6.54 Å². The second-order valence-electron chi connectivity index (χ2n) is 5.84. The predicted molar refractivity (Wildman–Crippen MR) is 72.7 cm³/mol. The molecule has 1 atom stereocenters. The smallest absolute Gasteiger partial charge is 0.408 e. The van der Waals surface area contributed by atoms with Crippen molar-refractivity contribution in [3.63, 3.8) is 0 Å². The van der Waals surface area contributed by atoms with Gasteiger partial charge in [-0.1, -0.05) is 13.8 Å². The molecule has 6 heteroatoms. The van der Waals surface area contributed by atoms with Gasteiger partial charge in [0.25, 0.3) is 0 Å². The molecule has 0 aromatic rings. The lowest BCUT2D eigenvalue weighted by atomic mass is 10.0. The van der Waals surface area contributed by atoms with Gasteiger partial charge >= 0.3 is 6.09 Å². The van der Waals surface area contributed by atoms with Crippen molar-refractivity contribution in [1.82, 2.24) is 10.6 Å². The topological polar surface area (TPSA) is 87.7 Å². The van der Waals surface area contributed by atoms with Crippen LogP contribution in [0.4, 0.5) is 4.79 Å². The van der Waals surface area contributed by atoms with Crippen LogP contribution in [-0.4, -0.2) is 41.9 Å². The Labute approximate surface area is 114 Å². The quantitative estimate of drug-likeness (QED) is 0.675. The van der Waals surface area contributed by atoms with Crippen LogP contribution in [0.25, 0.3) is 0 Å². The van der Waals surface area contributed by atoms with E-state index in [0.29, 0.717) is 6.42 Å². The molecule has 0 spiro atoms. The van der Waals surface area contributed by atoms with Gasteiger partial charge < -0.3 is 20.5 Å². The highest BCUT2D eigenvalue weighted by molar-refractivity contribution is 5.85. The fourth-order valence-electron chi connectivity index (χ4n) is 1.46. The number of rotatable bonds is 6. The van der Waals surface area contributed by atoms with E-state index in [0.717, 1.165) is 0 Å². The zero-order valence-electron chi connectivity index (χ0n) is 12.4. The van der Waals surface area contributed by atoms with Gasteiger partial charge in [-0.15, -0.1) is 0 Å². The lowest BCUT2D eigenvalue weighted by molar-refractivity contribution is -0.123. The Morgan fingerprint density at radius 2 is 1.84 bits per heavy atom. The molecule has 0 bridgehead atoms. The first kappa shape index (κ1) is 17.7. The normalized spacial score (nSPS) is 13.0. The van der Waals surface area contributed by atoms with Crippen LogP contribution in [0.1, 0.15) is 41.0 Å². The molecule has 0 aliphatic carbocycles. The lowest BCUT2D eigenvalue weighted by Crippen LogP contribution is -2.49. The second kappa shape index (κ2) is 7.99. The third-order valence-corrected chi connectivity index (χ3v) is 2.13. The number of hydrogen-bond donors (Lipinski definition) is 3. The Morgan fingerprint density at radius 1 is 1.26 bits per heavy atom. The number of aliphatic hydroxyl groups excluding tert-OH is 1. The number of carbonyl (C=O) groups is 2. The number of hydrogen-bond acceptors (Lipinski definition) is 4. The molecule has 0 aromatic carbocycles. The molecule has 0 saturated heterocycles. The van der Waals surface area contributed by atoms with E-state index in [1.807, 2.05) is 13.8 Å². The molecular weight excluding hydrogens is 248 g/mol. The number of aliphatic hydroxyl groups is 1. The van der Waals surface area contributed by atoms with Gasteiger partial charge in [0.05, 0.1) is 6.61 Å². The van der Waals surface area contributed by atoms with Gasteiger partial charge in [-0.2, -0.15) is 0 Å². The third-order valence-electron chi connectivity index (χ3n) is 2.13. The zero-order valence-corrected chi connectivity index (χ0v) is 12.4. The average Bonchev–Trinajstić information content (AvgIpc) is 2.21. The summed E-state index contributed by atoms with van der Waals surface area (Å²) in [7, 11) is 0. The summed E-state index contributed by atoms with van der Waals surface area (Å²) in [5.41, 5.74) is -0.603. The molecule has 0 heterocycles. The summed E-state index contributed by atoms with van der Waals surface area (Å²) in [6.45, 7) is 9.24. The fourth-order valence-corrected chi connectivity index (χ4v) is 1.46. The highest BCUT2D eigenvalue weighted by atomic mass is 16.6. The maximum Gasteiger partial charge on any atom is 0.408 e. The highest BCUT2D eigenvalue weighted by Crippen LogP contribution is 2.09. The van der Waals surface area contributed by atoms with Crippen LogP contribution < -0.4 is 10.6 Å². The first-order valence-electron chi connectivity index (χ1n) is 6.53. The Morgan fingerprint density at radius 3 is 2.26 bits per heavy atom. The van der Waals surface area contributed by atoms with E-state index in [1.54, 1.807) is 20.8 Å². The van der Waals surface area contributed by atoms with Crippen molar-refractivity contribution in [2.24, 2.45) is 5.92 Å². The number of alkyl carbamates (subject to hydrolysis) is 1. The van der Waals surface area contributed by atoms with Crippen LogP contribution in [0.2, 0.25) is 0 Å². The van der Waals surface area contributed by atoms with Crippen molar-refractivity contribution in [3.8, 4) is 0 Å². The molecule has 0 unspecified atom stereocenters. The van der Waals surface area contributed by atoms with Crippen LogP contribution in [0, 0.1) is 5.92 Å². The van der Waals surface area contributed by atoms with E-state index in [1.165, 1.54) is 0 Å². The van der Waals surface area contributed by atoms with E-state index in [2.05, 4.69) is 10.6 Å². The fraction of sp³-hybridized carbons (Fsp3) is 0.846. The van der Waals surface area contributed by atoms with Crippen LogP contribution in [0.15, 0.2) is 0 Å². The van der Waals surface area contributed by atoms with Crippen molar-refractivity contribution in [2.75, 3.05) is 13.2 Å². The van der Waals surface area contributed by atoms with Crippen LogP contribution in [0.5, 0.6) is 0 Å². The summed E-state index contributed by atoms with van der Waals surface area (Å²) < 4.78 is 5.12. The second-order valence-corrected chi connectivity index (χ2v) is 5.84.